The van der Waals surface area contributed by atoms with Crippen LogP contribution in [-0.4, -0.2) is 5.91 Å². The molecule has 0 unspecified atom stereocenters. The van der Waals surface area contributed by atoms with Crippen molar-refractivity contribution in [3.05, 3.63) is 64.2 Å². The molecule has 0 aliphatic heterocycles. The Hall–Kier alpha value is -2.09. The summed E-state index contributed by atoms with van der Waals surface area (Å²) in [7, 11) is 0. The highest BCUT2D eigenvalue weighted by Gasteiger charge is 2.11. The van der Waals surface area contributed by atoms with Crippen LogP contribution in [-0.2, 0) is 0 Å². The fourth-order valence-electron chi connectivity index (χ4n) is 2.06. The summed E-state index contributed by atoms with van der Waals surface area (Å²) >= 11 is 0. The summed E-state index contributed by atoms with van der Waals surface area (Å²) in [6.07, 6.45) is 0. The average molecular weight is 253 g/mol. The molecule has 0 fully saturated rings. The lowest BCUT2D eigenvalue weighted by atomic mass is 10.0. The quantitative estimate of drug-likeness (QED) is 0.855. The SMILES string of the molecule is Cc1ccc(C)c(NC(=O)c2cccc(C)c2C)c1. The number of amides is 1. The van der Waals surface area contributed by atoms with Crippen molar-refractivity contribution in [3.8, 4) is 0 Å². The Morgan fingerprint density at radius 1 is 0.947 bits per heavy atom. The van der Waals surface area contributed by atoms with Crippen LogP contribution in [0.2, 0.25) is 0 Å². The number of aryl methyl sites for hydroxylation is 3. The molecule has 0 aliphatic carbocycles. The van der Waals surface area contributed by atoms with Crippen LogP contribution in [0.5, 0.6) is 0 Å². The second kappa shape index (κ2) is 5.27. The Labute approximate surface area is 114 Å². The van der Waals surface area contributed by atoms with Gasteiger partial charge in [0.2, 0.25) is 0 Å². The third-order valence-corrected chi connectivity index (χ3v) is 3.49. The Morgan fingerprint density at radius 3 is 2.42 bits per heavy atom. The predicted octanol–water partition coefficient (Wildman–Crippen LogP) is 4.17. The number of rotatable bonds is 2. The van der Waals surface area contributed by atoms with E-state index in [4.69, 9.17) is 0 Å². The lowest BCUT2D eigenvalue weighted by molar-refractivity contribution is 0.102. The molecule has 0 saturated heterocycles. The highest BCUT2D eigenvalue weighted by molar-refractivity contribution is 6.05. The van der Waals surface area contributed by atoms with Gasteiger partial charge in [-0.1, -0.05) is 24.3 Å². The van der Waals surface area contributed by atoms with Gasteiger partial charge in [0.1, 0.15) is 0 Å². The molecule has 2 aromatic carbocycles. The normalized spacial score (nSPS) is 10.3. The zero-order valence-corrected chi connectivity index (χ0v) is 11.9. The maximum Gasteiger partial charge on any atom is 0.255 e. The molecule has 2 rings (SSSR count). The zero-order valence-electron chi connectivity index (χ0n) is 11.9. The highest BCUT2D eigenvalue weighted by Crippen LogP contribution is 2.19. The maximum absolute atomic E-state index is 12.3. The van der Waals surface area contributed by atoms with Crippen molar-refractivity contribution in [2.24, 2.45) is 0 Å². The molecule has 0 bridgehead atoms. The number of nitrogens with one attached hydrogen (secondary N) is 1. The monoisotopic (exact) mass is 253 g/mol. The van der Waals surface area contributed by atoms with Gasteiger partial charge in [0.25, 0.3) is 5.91 Å². The van der Waals surface area contributed by atoms with Gasteiger partial charge in [-0.15, -0.1) is 0 Å². The minimum Gasteiger partial charge on any atom is -0.322 e. The third kappa shape index (κ3) is 2.84. The van der Waals surface area contributed by atoms with Crippen LogP contribution in [0, 0.1) is 27.7 Å². The molecule has 1 N–H and O–H groups in total. The molecular formula is C17H19NO. The van der Waals surface area contributed by atoms with Gasteiger partial charge in [0, 0.05) is 11.3 Å². The lowest BCUT2D eigenvalue weighted by Gasteiger charge is -2.12. The van der Waals surface area contributed by atoms with Gasteiger partial charge >= 0.3 is 0 Å². The van der Waals surface area contributed by atoms with E-state index >= 15 is 0 Å². The van der Waals surface area contributed by atoms with Crippen LogP contribution in [0.3, 0.4) is 0 Å². The second-order valence-corrected chi connectivity index (χ2v) is 5.02. The smallest absolute Gasteiger partial charge is 0.255 e. The molecule has 0 heterocycles. The molecule has 2 heteroatoms. The van der Waals surface area contributed by atoms with Gasteiger partial charge < -0.3 is 5.32 Å². The van der Waals surface area contributed by atoms with Gasteiger partial charge in [0.15, 0.2) is 0 Å². The topological polar surface area (TPSA) is 29.1 Å². The van der Waals surface area contributed by atoms with Crippen molar-refractivity contribution in [2.45, 2.75) is 27.7 Å². The summed E-state index contributed by atoms with van der Waals surface area (Å²) in [5, 5.41) is 3.00. The van der Waals surface area contributed by atoms with Crippen LogP contribution in [0.15, 0.2) is 36.4 Å². The Balaban J connectivity index is 2.31. The number of benzene rings is 2. The van der Waals surface area contributed by atoms with Crippen molar-refractivity contribution in [2.75, 3.05) is 5.32 Å². The molecule has 19 heavy (non-hydrogen) atoms. The van der Waals surface area contributed by atoms with Crippen molar-refractivity contribution < 1.29 is 4.79 Å². The second-order valence-electron chi connectivity index (χ2n) is 5.02. The molecule has 0 radical (unpaired) electrons. The molecule has 98 valence electrons. The van der Waals surface area contributed by atoms with E-state index in [9.17, 15) is 4.79 Å². The van der Waals surface area contributed by atoms with E-state index in [0.717, 1.165) is 33.5 Å². The van der Waals surface area contributed by atoms with Crippen LogP contribution in [0.25, 0.3) is 0 Å². The first kappa shape index (κ1) is 13.3. The fourth-order valence-corrected chi connectivity index (χ4v) is 2.06. The van der Waals surface area contributed by atoms with Gasteiger partial charge in [-0.3, -0.25) is 4.79 Å². The van der Waals surface area contributed by atoms with Crippen molar-refractivity contribution in [1.82, 2.24) is 0 Å². The third-order valence-electron chi connectivity index (χ3n) is 3.49. The first-order valence-corrected chi connectivity index (χ1v) is 6.44. The van der Waals surface area contributed by atoms with Gasteiger partial charge in [-0.2, -0.15) is 0 Å². The summed E-state index contributed by atoms with van der Waals surface area (Å²) < 4.78 is 0. The first-order valence-electron chi connectivity index (χ1n) is 6.44. The van der Waals surface area contributed by atoms with Crippen LogP contribution >= 0.6 is 0 Å². The molecule has 2 aromatic rings. The summed E-state index contributed by atoms with van der Waals surface area (Å²) in [5.74, 6) is -0.0464. The summed E-state index contributed by atoms with van der Waals surface area (Å²) in [4.78, 5) is 12.3. The van der Waals surface area contributed by atoms with Crippen LogP contribution in [0.1, 0.15) is 32.6 Å². The lowest BCUT2D eigenvalue weighted by Crippen LogP contribution is -2.14. The molecule has 0 saturated carbocycles. The molecule has 0 spiro atoms. The fraction of sp³-hybridized carbons (Fsp3) is 0.235. The van der Waals surface area contributed by atoms with E-state index < -0.39 is 0 Å². The number of hydrogen-bond donors (Lipinski definition) is 1. The molecule has 1 amide bonds. The zero-order chi connectivity index (χ0) is 14.0. The van der Waals surface area contributed by atoms with Crippen molar-refractivity contribution in [1.29, 1.82) is 0 Å². The number of anilines is 1. The van der Waals surface area contributed by atoms with E-state index in [-0.39, 0.29) is 5.91 Å². The Morgan fingerprint density at radius 2 is 1.68 bits per heavy atom. The Kier molecular flexibility index (Phi) is 3.70. The number of hydrogen-bond acceptors (Lipinski definition) is 1. The van der Waals surface area contributed by atoms with E-state index in [2.05, 4.69) is 5.32 Å². The van der Waals surface area contributed by atoms with E-state index in [1.807, 2.05) is 64.1 Å². The largest absolute Gasteiger partial charge is 0.322 e. The highest BCUT2D eigenvalue weighted by atomic mass is 16.1. The molecule has 0 aliphatic rings. The van der Waals surface area contributed by atoms with Gasteiger partial charge in [-0.25, -0.2) is 0 Å². The average Bonchev–Trinajstić information content (AvgIpc) is 2.37. The van der Waals surface area contributed by atoms with Crippen LogP contribution in [0.4, 0.5) is 5.69 Å². The predicted molar refractivity (Wildman–Crippen MR) is 79.8 cm³/mol. The van der Waals surface area contributed by atoms with Gasteiger partial charge in [0.05, 0.1) is 0 Å². The minimum absolute atomic E-state index is 0.0464. The first-order chi connectivity index (χ1) is 8.99. The van der Waals surface area contributed by atoms with E-state index in [1.165, 1.54) is 0 Å². The van der Waals surface area contributed by atoms with Crippen molar-refractivity contribution >= 4 is 11.6 Å². The molecule has 0 aromatic heterocycles. The minimum atomic E-state index is -0.0464. The number of carbonyl (C=O) groups is 1. The Bertz CT molecular complexity index is 629. The molecular weight excluding hydrogens is 234 g/mol. The van der Waals surface area contributed by atoms with Gasteiger partial charge in [-0.05, 0) is 62.1 Å². The van der Waals surface area contributed by atoms with Crippen molar-refractivity contribution in [3.63, 3.8) is 0 Å². The van der Waals surface area contributed by atoms with E-state index in [1.54, 1.807) is 0 Å². The standard InChI is InChI=1S/C17H19NO/c1-11-8-9-13(3)16(10-11)18-17(19)15-7-5-6-12(2)14(15)4/h5-10H,1-4H3,(H,18,19). The van der Waals surface area contributed by atoms with E-state index in [0.29, 0.717) is 0 Å². The molecule has 2 nitrogen and oxygen atoms in total. The molecule has 0 atom stereocenters. The summed E-state index contributed by atoms with van der Waals surface area (Å²) in [6.45, 7) is 8.02. The summed E-state index contributed by atoms with van der Waals surface area (Å²) in [6, 6.07) is 11.9. The number of carbonyl (C=O) groups excluding carboxylic acids is 1. The summed E-state index contributed by atoms with van der Waals surface area (Å²) in [5.41, 5.74) is 6.00. The van der Waals surface area contributed by atoms with Crippen LogP contribution < -0.4 is 5.32 Å². The maximum atomic E-state index is 12.3.